The van der Waals surface area contributed by atoms with Gasteiger partial charge in [0.05, 0.1) is 6.54 Å². The van der Waals surface area contributed by atoms with E-state index in [1.165, 1.54) is 23.9 Å². The van der Waals surface area contributed by atoms with Gasteiger partial charge in [-0.3, -0.25) is 9.69 Å². The van der Waals surface area contributed by atoms with Crippen molar-refractivity contribution >= 4 is 5.97 Å². The molecule has 1 aliphatic carbocycles. The molecule has 1 aromatic rings. The summed E-state index contributed by atoms with van der Waals surface area (Å²) in [5.74, 6) is 1.40. The van der Waals surface area contributed by atoms with Crippen LogP contribution in [-0.4, -0.2) is 43.3 Å². The summed E-state index contributed by atoms with van der Waals surface area (Å²) in [6.45, 7) is 3.56. The van der Waals surface area contributed by atoms with Gasteiger partial charge < -0.3 is 5.11 Å². The molecule has 0 aromatic carbocycles. The number of aromatic nitrogens is 3. The van der Waals surface area contributed by atoms with Gasteiger partial charge in [-0.05, 0) is 32.1 Å². The average molecular weight is 250 g/mol. The van der Waals surface area contributed by atoms with Crippen molar-refractivity contribution in [3.8, 4) is 0 Å². The van der Waals surface area contributed by atoms with Gasteiger partial charge in [-0.1, -0.05) is 0 Å². The molecule has 1 aliphatic heterocycles. The van der Waals surface area contributed by atoms with Gasteiger partial charge in [0.2, 0.25) is 0 Å². The normalized spacial score (nSPS) is 26.9. The van der Waals surface area contributed by atoms with Crippen LogP contribution < -0.4 is 0 Å². The van der Waals surface area contributed by atoms with Crippen LogP contribution in [0.5, 0.6) is 0 Å². The number of hydrogen-bond donors (Lipinski definition) is 1. The second-order valence-electron chi connectivity index (χ2n) is 5.39. The van der Waals surface area contributed by atoms with Crippen LogP contribution in [0.15, 0.2) is 0 Å². The molecular weight excluding hydrogens is 232 g/mol. The number of fused-ring (bicyclic) bond motifs is 2. The molecule has 1 saturated heterocycles. The Morgan fingerprint density at radius 1 is 1.50 bits per heavy atom. The maximum absolute atomic E-state index is 10.8. The van der Waals surface area contributed by atoms with Gasteiger partial charge >= 0.3 is 5.97 Å². The van der Waals surface area contributed by atoms with Crippen molar-refractivity contribution in [3.63, 3.8) is 0 Å². The first-order valence-corrected chi connectivity index (χ1v) is 6.48. The minimum absolute atomic E-state index is 0.0991. The van der Waals surface area contributed by atoms with E-state index >= 15 is 0 Å². The lowest BCUT2D eigenvalue weighted by molar-refractivity contribution is -0.138. The average Bonchev–Trinajstić information content (AvgIpc) is 2.94. The molecule has 1 N–H and O–H groups in total. The summed E-state index contributed by atoms with van der Waals surface area (Å²) in [6.07, 6.45) is 3.92. The molecule has 2 bridgehead atoms. The van der Waals surface area contributed by atoms with Crippen LogP contribution in [0.3, 0.4) is 0 Å². The molecule has 2 fully saturated rings. The summed E-state index contributed by atoms with van der Waals surface area (Å²) in [4.78, 5) is 17.6. The lowest BCUT2D eigenvalue weighted by Crippen LogP contribution is -2.33. The largest absolute Gasteiger partial charge is 0.480 e. The number of aryl methyl sites for hydroxylation is 1. The zero-order chi connectivity index (χ0) is 12.7. The van der Waals surface area contributed by atoms with Gasteiger partial charge in [-0.25, -0.2) is 9.67 Å². The molecule has 3 rings (SSSR count). The summed E-state index contributed by atoms with van der Waals surface area (Å²) < 4.78 is 1.52. The van der Waals surface area contributed by atoms with E-state index in [4.69, 9.17) is 5.11 Å². The molecule has 6 nitrogen and oxygen atoms in total. The van der Waals surface area contributed by atoms with Gasteiger partial charge in [-0.15, -0.1) is 0 Å². The molecule has 18 heavy (non-hydrogen) atoms. The van der Waals surface area contributed by atoms with Crippen LogP contribution in [0.2, 0.25) is 0 Å². The van der Waals surface area contributed by atoms with Crippen LogP contribution >= 0.6 is 0 Å². The van der Waals surface area contributed by atoms with Crippen LogP contribution in [0.4, 0.5) is 0 Å². The number of hydrogen-bond acceptors (Lipinski definition) is 4. The van der Waals surface area contributed by atoms with Crippen molar-refractivity contribution in [1.29, 1.82) is 0 Å². The molecule has 6 heteroatoms. The van der Waals surface area contributed by atoms with E-state index < -0.39 is 5.97 Å². The number of piperidine rings is 1. The Labute approximate surface area is 106 Å². The summed E-state index contributed by atoms with van der Waals surface area (Å²) in [5.41, 5.74) is 0. The highest BCUT2D eigenvalue weighted by Crippen LogP contribution is 2.37. The summed E-state index contributed by atoms with van der Waals surface area (Å²) in [7, 11) is 0. The van der Waals surface area contributed by atoms with E-state index in [2.05, 4.69) is 15.0 Å². The molecule has 98 valence electrons. The molecule has 1 saturated carbocycles. The number of nitrogens with zero attached hydrogens (tertiary/aromatic N) is 4. The predicted octanol–water partition coefficient (Wildman–Crippen LogP) is 0.655. The fraction of sp³-hybridized carbons (Fsp3) is 0.750. The fourth-order valence-corrected chi connectivity index (χ4v) is 3.27. The number of carboxylic acid groups (broad SMARTS) is 1. The zero-order valence-corrected chi connectivity index (χ0v) is 10.5. The Morgan fingerprint density at radius 2 is 2.33 bits per heavy atom. The highest BCUT2D eigenvalue weighted by atomic mass is 16.4. The Kier molecular flexibility index (Phi) is 2.81. The maximum Gasteiger partial charge on any atom is 0.325 e. The van der Waals surface area contributed by atoms with E-state index in [1.807, 2.05) is 0 Å². The molecular formula is C12H18N4O2. The number of rotatable bonds is 4. The molecule has 2 heterocycles. The number of likely N-dealkylation sites (tertiary alicyclic amines) is 1. The van der Waals surface area contributed by atoms with Crippen molar-refractivity contribution in [2.75, 3.05) is 6.54 Å². The zero-order valence-electron chi connectivity index (χ0n) is 10.5. The second kappa shape index (κ2) is 4.35. The second-order valence-corrected chi connectivity index (χ2v) is 5.39. The van der Waals surface area contributed by atoms with E-state index in [0.29, 0.717) is 11.9 Å². The summed E-state index contributed by atoms with van der Waals surface area (Å²) in [5, 5.41) is 13.0. The minimum Gasteiger partial charge on any atom is -0.480 e. The summed E-state index contributed by atoms with van der Waals surface area (Å²) >= 11 is 0. The third-order valence-electron chi connectivity index (χ3n) is 4.01. The van der Waals surface area contributed by atoms with E-state index in [1.54, 1.807) is 6.92 Å². The van der Waals surface area contributed by atoms with Crippen LogP contribution in [0.1, 0.15) is 30.9 Å². The molecule has 0 spiro atoms. The quantitative estimate of drug-likeness (QED) is 0.849. The number of aliphatic carboxylic acids is 1. The topological polar surface area (TPSA) is 71.2 Å². The van der Waals surface area contributed by atoms with Crippen molar-refractivity contribution in [1.82, 2.24) is 19.7 Å². The number of carbonyl (C=O) groups is 1. The van der Waals surface area contributed by atoms with Gasteiger partial charge in [0.25, 0.3) is 0 Å². The third kappa shape index (κ3) is 2.12. The molecule has 2 aliphatic rings. The van der Waals surface area contributed by atoms with E-state index in [0.717, 1.165) is 24.8 Å². The SMILES string of the molecule is Cc1nc(CN2C[C@@H]3CC[C@H]2C3)n(CC(=O)O)n1. The lowest BCUT2D eigenvalue weighted by atomic mass is 10.1. The Bertz CT molecular complexity index is 471. The van der Waals surface area contributed by atoms with Crippen molar-refractivity contribution in [2.45, 2.75) is 45.3 Å². The first-order valence-electron chi connectivity index (χ1n) is 6.48. The van der Waals surface area contributed by atoms with E-state index in [-0.39, 0.29) is 6.54 Å². The van der Waals surface area contributed by atoms with Crippen molar-refractivity contribution in [2.24, 2.45) is 5.92 Å². The first kappa shape index (κ1) is 11.6. The summed E-state index contributed by atoms with van der Waals surface area (Å²) in [6, 6.07) is 0.672. The van der Waals surface area contributed by atoms with Gasteiger partial charge in [0, 0.05) is 12.6 Å². The Balaban J connectivity index is 1.74. The first-order chi connectivity index (χ1) is 8.61. The van der Waals surface area contributed by atoms with Crippen molar-refractivity contribution < 1.29 is 9.90 Å². The standard InChI is InChI=1S/C12H18N4O2/c1-8-13-11(16(14-8)7-12(17)18)6-15-5-9-2-3-10(15)4-9/h9-10H,2-7H2,1H3,(H,17,18)/t9-,10+/m1/s1. The number of carboxylic acids is 1. The van der Waals surface area contributed by atoms with Crippen LogP contribution in [0, 0.1) is 12.8 Å². The predicted molar refractivity (Wildman–Crippen MR) is 63.9 cm³/mol. The van der Waals surface area contributed by atoms with Gasteiger partial charge in [0.15, 0.2) is 0 Å². The maximum atomic E-state index is 10.8. The van der Waals surface area contributed by atoms with Gasteiger partial charge in [0.1, 0.15) is 18.2 Å². The molecule has 0 unspecified atom stereocenters. The Hall–Kier alpha value is -1.43. The highest BCUT2D eigenvalue weighted by molar-refractivity contribution is 5.66. The van der Waals surface area contributed by atoms with Crippen LogP contribution in [0.25, 0.3) is 0 Å². The Morgan fingerprint density at radius 3 is 2.94 bits per heavy atom. The highest BCUT2D eigenvalue weighted by Gasteiger charge is 2.38. The molecule has 2 atom stereocenters. The third-order valence-corrected chi connectivity index (χ3v) is 4.01. The lowest BCUT2D eigenvalue weighted by Gasteiger charge is -2.26. The molecule has 0 radical (unpaired) electrons. The van der Waals surface area contributed by atoms with E-state index in [9.17, 15) is 4.79 Å². The minimum atomic E-state index is -0.871. The van der Waals surface area contributed by atoms with Crippen molar-refractivity contribution in [3.05, 3.63) is 11.6 Å². The molecule has 0 amide bonds. The van der Waals surface area contributed by atoms with Gasteiger partial charge in [-0.2, -0.15) is 5.10 Å². The fourth-order valence-electron chi connectivity index (χ4n) is 3.27. The molecule has 1 aromatic heterocycles. The van der Waals surface area contributed by atoms with Crippen LogP contribution in [-0.2, 0) is 17.9 Å². The monoisotopic (exact) mass is 250 g/mol. The smallest absolute Gasteiger partial charge is 0.325 e.